The molecule has 22 heavy (non-hydrogen) atoms. The molecule has 0 saturated heterocycles. The van der Waals surface area contributed by atoms with E-state index in [1.807, 2.05) is 0 Å². The molecule has 10 heteroatoms. The summed E-state index contributed by atoms with van der Waals surface area (Å²) in [5.74, 6) is -0.0445. The maximum atomic E-state index is 11.9. The Morgan fingerprint density at radius 3 is 2.68 bits per heavy atom. The average Bonchev–Trinajstić information content (AvgIpc) is 2.80. The van der Waals surface area contributed by atoms with Crippen molar-refractivity contribution in [2.24, 2.45) is 0 Å². The summed E-state index contributed by atoms with van der Waals surface area (Å²) in [7, 11) is 0. The van der Waals surface area contributed by atoms with Crippen LogP contribution in [0.2, 0.25) is 0 Å². The summed E-state index contributed by atoms with van der Waals surface area (Å²) in [4.78, 5) is 39.1. The van der Waals surface area contributed by atoms with Gasteiger partial charge in [0.15, 0.2) is 11.2 Å². The maximum absolute atomic E-state index is 11.9. The maximum Gasteiger partial charge on any atom is 0.288 e. The van der Waals surface area contributed by atoms with E-state index in [2.05, 4.69) is 19.9 Å². The number of aromatic amines is 1. The second kappa shape index (κ2) is 4.93. The van der Waals surface area contributed by atoms with Gasteiger partial charge in [-0.1, -0.05) is 22.7 Å². The molecule has 4 N–H and O–H groups in total. The zero-order valence-electron chi connectivity index (χ0n) is 11.6. The largest absolute Gasteiger partial charge is 0.385 e. The van der Waals surface area contributed by atoms with E-state index in [0.29, 0.717) is 15.4 Å². The van der Waals surface area contributed by atoms with E-state index in [4.69, 9.17) is 5.73 Å². The number of aliphatic hydroxyl groups is 1. The van der Waals surface area contributed by atoms with Crippen molar-refractivity contribution in [1.82, 2.24) is 19.9 Å². The minimum Gasteiger partial charge on any atom is -0.385 e. The van der Waals surface area contributed by atoms with Gasteiger partial charge in [-0.2, -0.15) is 4.98 Å². The highest BCUT2D eigenvalue weighted by Gasteiger charge is 2.26. The minimum absolute atomic E-state index is 0.0271. The molecule has 0 fully saturated rings. The van der Waals surface area contributed by atoms with E-state index < -0.39 is 11.2 Å². The zero-order valence-corrected chi connectivity index (χ0v) is 13.2. The number of rotatable bonds is 2. The van der Waals surface area contributed by atoms with Crippen molar-refractivity contribution in [3.63, 3.8) is 0 Å². The molecule has 0 aromatic carbocycles. The van der Waals surface area contributed by atoms with Crippen LogP contribution < -0.4 is 15.3 Å². The Morgan fingerprint density at radius 2 is 2.00 bits per heavy atom. The lowest BCUT2D eigenvalue weighted by atomic mass is 10.1. The molecule has 114 valence electrons. The molecule has 0 amide bonds. The number of fused-ring (bicyclic) bond motifs is 1. The van der Waals surface area contributed by atoms with Crippen molar-refractivity contribution < 1.29 is 5.11 Å². The molecule has 0 saturated carbocycles. The lowest BCUT2D eigenvalue weighted by Gasteiger charge is -2.16. The Hall–Kier alpha value is -2.17. The standard InChI is InChI=1S/C12H11N5O3S2/c1-12(2,20)7-6(21-11(19)22-7)4-3-14-8-5(15-4)9(18)17-10(13)16-8/h3,20H,1-2H3,(H3,13,14,16,17,18). The summed E-state index contributed by atoms with van der Waals surface area (Å²) in [5, 5.41) is 10.2. The first kappa shape index (κ1) is 14.8. The van der Waals surface area contributed by atoms with Crippen molar-refractivity contribution in [1.29, 1.82) is 0 Å². The fourth-order valence-corrected chi connectivity index (χ4v) is 4.14. The molecule has 0 radical (unpaired) electrons. The molecule has 0 bridgehead atoms. The Kier molecular flexibility index (Phi) is 3.31. The molecular formula is C12H11N5O3S2. The second-order valence-electron chi connectivity index (χ2n) is 5.05. The molecule has 3 heterocycles. The zero-order chi connectivity index (χ0) is 16.1. The number of anilines is 1. The molecular weight excluding hydrogens is 326 g/mol. The lowest BCUT2D eigenvalue weighted by Crippen LogP contribution is -2.15. The van der Waals surface area contributed by atoms with Gasteiger partial charge in [0.25, 0.3) is 9.62 Å². The predicted octanol–water partition coefficient (Wildman–Crippen LogP) is 0.673. The SMILES string of the molecule is CC(C)(O)c1sc(=O)sc1-c1cnc2nc(N)[nH]c(=O)c2n1. The number of nitrogens with zero attached hydrogens (tertiary/aromatic N) is 3. The van der Waals surface area contributed by atoms with Gasteiger partial charge >= 0.3 is 0 Å². The Bertz CT molecular complexity index is 983. The number of nitrogens with one attached hydrogen (secondary N) is 1. The van der Waals surface area contributed by atoms with E-state index in [1.54, 1.807) is 13.8 Å². The van der Waals surface area contributed by atoms with Gasteiger partial charge in [-0.25, -0.2) is 9.97 Å². The van der Waals surface area contributed by atoms with Gasteiger partial charge < -0.3 is 10.8 Å². The van der Waals surface area contributed by atoms with Gasteiger partial charge in [-0.05, 0) is 13.8 Å². The van der Waals surface area contributed by atoms with Crippen molar-refractivity contribution in [3.05, 3.63) is 30.3 Å². The summed E-state index contributed by atoms with van der Waals surface area (Å²) in [6, 6.07) is 0. The topological polar surface area (TPSA) is 135 Å². The van der Waals surface area contributed by atoms with Crippen LogP contribution in [0, 0.1) is 0 Å². The first-order valence-electron chi connectivity index (χ1n) is 6.15. The van der Waals surface area contributed by atoms with Crippen LogP contribution in [0.15, 0.2) is 15.8 Å². The Labute approximate surface area is 131 Å². The third-order valence-corrected chi connectivity index (χ3v) is 5.29. The first-order valence-corrected chi connectivity index (χ1v) is 7.78. The van der Waals surface area contributed by atoms with Crippen molar-refractivity contribution >= 4 is 39.8 Å². The first-order chi connectivity index (χ1) is 10.3. The van der Waals surface area contributed by atoms with Crippen LogP contribution in [0.3, 0.4) is 0 Å². The number of nitrogens with two attached hydrogens (primary N) is 1. The molecule has 0 aliphatic heterocycles. The summed E-state index contributed by atoms with van der Waals surface area (Å²) in [6.07, 6.45) is 1.40. The van der Waals surface area contributed by atoms with Gasteiger partial charge in [-0.3, -0.25) is 14.6 Å². The van der Waals surface area contributed by atoms with Crippen molar-refractivity contribution in [3.8, 4) is 10.6 Å². The molecule has 0 aliphatic carbocycles. The molecule has 3 aromatic heterocycles. The fourth-order valence-electron chi connectivity index (χ4n) is 1.90. The highest BCUT2D eigenvalue weighted by molar-refractivity contribution is 7.29. The second-order valence-corrected chi connectivity index (χ2v) is 7.27. The van der Waals surface area contributed by atoms with Crippen LogP contribution in [0.1, 0.15) is 18.7 Å². The summed E-state index contributed by atoms with van der Waals surface area (Å²) >= 11 is 1.91. The van der Waals surface area contributed by atoms with Gasteiger partial charge in [-0.15, -0.1) is 0 Å². The highest BCUT2D eigenvalue weighted by Crippen LogP contribution is 2.35. The normalized spacial score (nSPS) is 12.0. The highest BCUT2D eigenvalue weighted by atomic mass is 32.2. The van der Waals surface area contributed by atoms with Gasteiger partial charge in [0.2, 0.25) is 5.95 Å². The number of nitrogen functional groups attached to an aromatic ring is 1. The van der Waals surface area contributed by atoms with Gasteiger partial charge in [0.1, 0.15) is 5.69 Å². The number of aromatic nitrogens is 4. The summed E-state index contributed by atoms with van der Waals surface area (Å²) in [6.45, 7) is 3.16. The summed E-state index contributed by atoms with van der Waals surface area (Å²) < 4.78 is -0.168. The lowest BCUT2D eigenvalue weighted by molar-refractivity contribution is 0.0832. The Morgan fingerprint density at radius 1 is 1.27 bits per heavy atom. The van der Waals surface area contributed by atoms with Crippen molar-refractivity contribution in [2.45, 2.75) is 19.4 Å². The summed E-state index contributed by atoms with van der Waals surface area (Å²) in [5.41, 5.74) is 4.24. The van der Waals surface area contributed by atoms with Gasteiger partial charge in [0, 0.05) is 0 Å². The van der Waals surface area contributed by atoms with Gasteiger partial charge in [0.05, 0.1) is 21.6 Å². The number of hydrogen-bond donors (Lipinski definition) is 3. The van der Waals surface area contributed by atoms with E-state index in [1.165, 1.54) is 6.20 Å². The monoisotopic (exact) mass is 337 g/mol. The molecule has 8 nitrogen and oxygen atoms in total. The molecule has 3 rings (SSSR count). The number of H-pyrrole nitrogens is 1. The van der Waals surface area contributed by atoms with Crippen LogP contribution in [0.5, 0.6) is 0 Å². The average molecular weight is 337 g/mol. The minimum atomic E-state index is -1.19. The van der Waals surface area contributed by atoms with Crippen molar-refractivity contribution in [2.75, 3.05) is 5.73 Å². The van der Waals surface area contributed by atoms with E-state index in [0.717, 1.165) is 22.7 Å². The predicted molar refractivity (Wildman–Crippen MR) is 85.1 cm³/mol. The van der Waals surface area contributed by atoms with Crippen LogP contribution >= 0.6 is 22.7 Å². The van der Waals surface area contributed by atoms with Crippen LogP contribution in [0.4, 0.5) is 5.95 Å². The molecule has 0 aliphatic rings. The molecule has 0 spiro atoms. The molecule has 0 unspecified atom stereocenters. The van der Waals surface area contributed by atoms with E-state index >= 15 is 0 Å². The Balaban J connectivity index is 2.28. The van der Waals surface area contributed by atoms with Crippen LogP contribution in [-0.2, 0) is 5.60 Å². The third kappa shape index (κ3) is 2.51. The number of hydrogen-bond acceptors (Lipinski definition) is 9. The molecule has 0 atom stereocenters. The smallest absolute Gasteiger partial charge is 0.288 e. The van der Waals surface area contributed by atoms with E-state index in [-0.39, 0.29) is 21.2 Å². The van der Waals surface area contributed by atoms with Crippen LogP contribution in [-0.4, -0.2) is 25.0 Å². The molecule has 3 aromatic rings. The third-order valence-electron chi connectivity index (χ3n) is 2.80. The quantitative estimate of drug-likeness (QED) is 0.625. The van der Waals surface area contributed by atoms with Crippen LogP contribution in [0.25, 0.3) is 21.7 Å². The van der Waals surface area contributed by atoms with E-state index in [9.17, 15) is 14.7 Å². The fraction of sp³-hybridized carbons (Fsp3) is 0.250.